The molecule has 0 aliphatic rings. The van der Waals surface area contributed by atoms with E-state index >= 15 is 0 Å². The van der Waals surface area contributed by atoms with Crippen LogP contribution in [-0.4, -0.2) is 19.3 Å². The summed E-state index contributed by atoms with van der Waals surface area (Å²) in [4.78, 5) is 15.5. The van der Waals surface area contributed by atoms with Gasteiger partial charge in [0.05, 0.1) is 10.0 Å². The van der Waals surface area contributed by atoms with Crippen LogP contribution in [0.1, 0.15) is 10.4 Å². The standard InChI is InChI=1S/C12H6Br2ClFN2O3S/c13-9-3-6(16)1-2-8(9)12(19)18-22(20,21)7-4-10(14)11(15)17-5-7/h1-5H,(H,18,19). The molecule has 0 radical (unpaired) electrons. The fraction of sp³-hybridized carbons (Fsp3) is 0. The number of aromatic nitrogens is 1. The maximum atomic E-state index is 13.0. The van der Waals surface area contributed by atoms with Crippen molar-refractivity contribution < 1.29 is 17.6 Å². The third-order valence-corrected chi connectivity index (χ3v) is 5.57. The zero-order valence-electron chi connectivity index (χ0n) is 10.5. The monoisotopic (exact) mass is 470 g/mol. The number of nitrogens with zero attached hydrogens (tertiary/aromatic N) is 1. The fourth-order valence-electron chi connectivity index (χ4n) is 1.46. The van der Waals surface area contributed by atoms with E-state index in [1.807, 2.05) is 4.72 Å². The highest BCUT2D eigenvalue weighted by atomic mass is 79.9. The molecule has 0 bridgehead atoms. The molecule has 1 N–H and O–H groups in total. The summed E-state index contributed by atoms with van der Waals surface area (Å²) in [5.74, 6) is -1.46. The van der Waals surface area contributed by atoms with Crippen LogP contribution in [0.2, 0.25) is 5.15 Å². The number of carbonyl (C=O) groups is 1. The number of rotatable bonds is 3. The van der Waals surface area contributed by atoms with E-state index in [1.54, 1.807) is 0 Å². The van der Waals surface area contributed by atoms with Gasteiger partial charge < -0.3 is 0 Å². The number of amides is 1. The highest BCUT2D eigenvalue weighted by Gasteiger charge is 2.21. The van der Waals surface area contributed by atoms with Crippen LogP contribution in [-0.2, 0) is 10.0 Å². The summed E-state index contributed by atoms with van der Waals surface area (Å²) in [5.41, 5.74) is -0.0223. The van der Waals surface area contributed by atoms with Crippen molar-refractivity contribution in [2.75, 3.05) is 0 Å². The molecular formula is C12H6Br2ClFN2O3S. The lowest BCUT2D eigenvalue weighted by molar-refractivity contribution is 0.0980. The van der Waals surface area contributed by atoms with Crippen LogP contribution in [0.25, 0.3) is 0 Å². The molecule has 0 saturated carbocycles. The van der Waals surface area contributed by atoms with Crippen molar-refractivity contribution in [3.8, 4) is 0 Å². The Hall–Kier alpha value is -1.03. The molecule has 0 saturated heterocycles. The summed E-state index contributed by atoms with van der Waals surface area (Å²) in [6.45, 7) is 0. The minimum Gasteiger partial charge on any atom is -0.268 e. The quantitative estimate of drug-likeness (QED) is 0.694. The van der Waals surface area contributed by atoms with E-state index in [1.165, 1.54) is 12.1 Å². The summed E-state index contributed by atoms with van der Waals surface area (Å²) in [6.07, 6.45) is 1.02. The van der Waals surface area contributed by atoms with Gasteiger partial charge in [0, 0.05) is 10.7 Å². The summed E-state index contributed by atoms with van der Waals surface area (Å²) < 4.78 is 39.5. The highest BCUT2D eigenvalue weighted by Crippen LogP contribution is 2.23. The molecule has 22 heavy (non-hydrogen) atoms. The second-order valence-electron chi connectivity index (χ2n) is 4.00. The Morgan fingerprint density at radius 2 is 1.91 bits per heavy atom. The van der Waals surface area contributed by atoms with E-state index in [-0.39, 0.29) is 24.6 Å². The van der Waals surface area contributed by atoms with Gasteiger partial charge in [-0.3, -0.25) is 4.79 Å². The average molecular weight is 473 g/mol. The largest absolute Gasteiger partial charge is 0.268 e. The second-order valence-corrected chi connectivity index (χ2v) is 7.75. The smallest absolute Gasteiger partial charge is 0.266 e. The molecular weight excluding hydrogens is 466 g/mol. The Balaban J connectivity index is 2.31. The second kappa shape index (κ2) is 6.61. The van der Waals surface area contributed by atoms with Crippen molar-refractivity contribution >= 4 is 59.4 Å². The predicted molar refractivity (Wildman–Crippen MR) is 85.7 cm³/mol. The Labute approximate surface area is 147 Å². The van der Waals surface area contributed by atoms with Gasteiger partial charge in [0.1, 0.15) is 15.9 Å². The van der Waals surface area contributed by atoms with Crippen molar-refractivity contribution in [2.24, 2.45) is 0 Å². The van der Waals surface area contributed by atoms with Gasteiger partial charge in [-0.05, 0) is 56.1 Å². The van der Waals surface area contributed by atoms with Gasteiger partial charge in [0.2, 0.25) is 0 Å². The molecule has 5 nitrogen and oxygen atoms in total. The molecule has 116 valence electrons. The first-order valence-electron chi connectivity index (χ1n) is 5.54. The summed E-state index contributed by atoms with van der Waals surface area (Å²) in [7, 11) is -4.14. The predicted octanol–water partition coefficient (Wildman–Crippen LogP) is 3.52. The third-order valence-electron chi connectivity index (χ3n) is 2.48. The minimum atomic E-state index is -4.14. The van der Waals surface area contributed by atoms with E-state index in [9.17, 15) is 17.6 Å². The van der Waals surface area contributed by atoms with Crippen LogP contribution in [0.3, 0.4) is 0 Å². The average Bonchev–Trinajstić information content (AvgIpc) is 2.40. The van der Waals surface area contributed by atoms with Gasteiger partial charge in [0.25, 0.3) is 15.9 Å². The van der Waals surface area contributed by atoms with E-state index < -0.39 is 21.7 Å². The number of hydrogen-bond acceptors (Lipinski definition) is 4. The topological polar surface area (TPSA) is 76.1 Å². The number of hydrogen-bond donors (Lipinski definition) is 1. The number of halogens is 4. The van der Waals surface area contributed by atoms with Gasteiger partial charge in [-0.15, -0.1) is 0 Å². The summed E-state index contributed by atoms with van der Waals surface area (Å²) >= 11 is 11.7. The molecule has 0 aliphatic carbocycles. The van der Waals surface area contributed by atoms with Crippen molar-refractivity contribution in [3.63, 3.8) is 0 Å². The summed E-state index contributed by atoms with van der Waals surface area (Å²) in [5, 5.41) is 0.0894. The minimum absolute atomic E-state index is 0.0223. The zero-order chi connectivity index (χ0) is 16.5. The SMILES string of the molecule is O=C(NS(=O)(=O)c1cnc(Cl)c(Br)c1)c1ccc(F)cc1Br. The molecule has 1 aromatic heterocycles. The third kappa shape index (κ3) is 3.83. The number of nitrogens with one attached hydrogen (secondary N) is 1. The van der Waals surface area contributed by atoms with E-state index in [0.717, 1.165) is 18.3 Å². The molecule has 1 aromatic carbocycles. The molecule has 0 atom stereocenters. The molecule has 2 aromatic rings. The Bertz CT molecular complexity index is 861. The lowest BCUT2D eigenvalue weighted by Gasteiger charge is -2.08. The number of sulfonamides is 1. The first-order valence-corrected chi connectivity index (χ1v) is 8.98. The molecule has 0 fully saturated rings. The van der Waals surface area contributed by atoms with Crippen LogP contribution in [0.15, 0.2) is 44.3 Å². The van der Waals surface area contributed by atoms with Crippen LogP contribution in [0.4, 0.5) is 4.39 Å². The van der Waals surface area contributed by atoms with Crippen LogP contribution < -0.4 is 4.72 Å². The zero-order valence-corrected chi connectivity index (χ0v) is 15.2. The first-order chi connectivity index (χ1) is 10.2. The number of pyridine rings is 1. The normalized spacial score (nSPS) is 11.3. The summed E-state index contributed by atoms with van der Waals surface area (Å²) in [6, 6.07) is 4.49. The maximum absolute atomic E-state index is 13.0. The first kappa shape index (κ1) is 17.3. The van der Waals surface area contributed by atoms with Gasteiger partial charge in [-0.2, -0.15) is 0 Å². The van der Waals surface area contributed by atoms with E-state index in [2.05, 4.69) is 36.8 Å². The Kier molecular flexibility index (Phi) is 5.21. The van der Waals surface area contributed by atoms with Crippen LogP contribution >= 0.6 is 43.5 Å². The van der Waals surface area contributed by atoms with Crippen molar-refractivity contribution in [1.82, 2.24) is 9.71 Å². The Morgan fingerprint density at radius 1 is 1.23 bits per heavy atom. The molecule has 0 unspecified atom stereocenters. The van der Waals surface area contributed by atoms with E-state index in [0.29, 0.717) is 0 Å². The van der Waals surface area contributed by atoms with Crippen LogP contribution in [0.5, 0.6) is 0 Å². The van der Waals surface area contributed by atoms with Gasteiger partial charge >= 0.3 is 0 Å². The van der Waals surface area contributed by atoms with Crippen molar-refractivity contribution in [1.29, 1.82) is 0 Å². The van der Waals surface area contributed by atoms with E-state index in [4.69, 9.17) is 11.6 Å². The molecule has 10 heteroatoms. The molecule has 0 spiro atoms. The van der Waals surface area contributed by atoms with Crippen LogP contribution in [0, 0.1) is 5.82 Å². The lowest BCUT2D eigenvalue weighted by atomic mass is 10.2. The number of benzene rings is 1. The van der Waals surface area contributed by atoms with Gasteiger partial charge in [-0.1, -0.05) is 11.6 Å². The molecule has 0 aliphatic heterocycles. The van der Waals surface area contributed by atoms with Gasteiger partial charge in [-0.25, -0.2) is 22.5 Å². The highest BCUT2D eigenvalue weighted by molar-refractivity contribution is 9.10. The Morgan fingerprint density at radius 3 is 2.50 bits per heavy atom. The maximum Gasteiger partial charge on any atom is 0.266 e. The molecule has 1 amide bonds. The van der Waals surface area contributed by atoms with Crippen molar-refractivity contribution in [3.05, 3.63) is 55.9 Å². The van der Waals surface area contributed by atoms with Gasteiger partial charge in [0.15, 0.2) is 0 Å². The van der Waals surface area contributed by atoms with Crippen molar-refractivity contribution in [2.45, 2.75) is 4.90 Å². The lowest BCUT2D eigenvalue weighted by Crippen LogP contribution is -2.31. The molecule has 2 rings (SSSR count). The fourth-order valence-corrected chi connectivity index (χ4v) is 3.53. The molecule has 1 heterocycles. The number of carbonyl (C=O) groups excluding carboxylic acids is 1.